The van der Waals surface area contributed by atoms with Crippen LogP contribution >= 0.6 is 0 Å². The Morgan fingerprint density at radius 1 is 0.963 bits per heavy atom. The van der Waals surface area contributed by atoms with Crippen molar-refractivity contribution in [2.24, 2.45) is 21.1 Å². The summed E-state index contributed by atoms with van der Waals surface area (Å²) in [5.74, 6) is 0.558. The molecule has 0 amide bonds. The van der Waals surface area contributed by atoms with Crippen LogP contribution in [0.25, 0.3) is 11.2 Å². The summed E-state index contributed by atoms with van der Waals surface area (Å²) in [5.41, 5.74) is 0.240. The number of piperazine rings is 1. The van der Waals surface area contributed by atoms with Crippen molar-refractivity contribution >= 4 is 17.1 Å². The Morgan fingerprint density at radius 2 is 1.59 bits per heavy atom. The van der Waals surface area contributed by atoms with Crippen LogP contribution in [-0.2, 0) is 21.1 Å². The van der Waals surface area contributed by atoms with Gasteiger partial charge < -0.3 is 14.8 Å². The summed E-state index contributed by atoms with van der Waals surface area (Å²) < 4.78 is 16.2. The standard InChI is InChI=1S/C12H18N6O2.C6H5F/c1-15-8-9(16(2)12(20)17(3)10(8)19)14-11(15)18-6-4-13-5-7-18;7-6-4-2-1-3-5-6/h13H,4-7H2,1-3H3;1-5H. The van der Waals surface area contributed by atoms with Gasteiger partial charge in [-0.05, 0) is 12.1 Å². The van der Waals surface area contributed by atoms with Gasteiger partial charge in [-0.2, -0.15) is 4.98 Å². The zero-order valence-electron chi connectivity index (χ0n) is 15.6. The number of benzene rings is 1. The first-order valence-corrected chi connectivity index (χ1v) is 8.70. The number of rotatable bonds is 1. The van der Waals surface area contributed by atoms with Crippen molar-refractivity contribution in [1.29, 1.82) is 0 Å². The number of hydrogen-bond acceptors (Lipinski definition) is 5. The first-order chi connectivity index (χ1) is 12.9. The Bertz CT molecular complexity index is 1050. The molecule has 0 aliphatic carbocycles. The molecule has 144 valence electrons. The fraction of sp³-hybridized carbons (Fsp3) is 0.389. The van der Waals surface area contributed by atoms with Gasteiger partial charge in [0.05, 0.1) is 0 Å². The maximum atomic E-state index is 12.3. The molecule has 3 heterocycles. The van der Waals surface area contributed by atoms with Gasteiger partial charge in [0.15, 0.2) is 11.2 Å². The summed E-state index contributed by atoms with van der Waals surface area (Å²) >= 11 is 0. The minimum Gasteiger partial charge on any atom is -0.340 e. The number of nitrogens with one attached hydrogen (secondary N) is 1. The van der Waals surface area contributed by atoms with E-state index in [0.717, 1.165) is 36.7 Å². The number of imidazole rings is 1. The van der Waals surface area contributed by atoms with Crippen molar-refractivity contribution in [3.05, 3.63) is 57.0 Å². The third-order valence-corrected chi connectivity index (χ3v) is 4.58. The molecule has 0 bridgehead atoms. The molecule has 1 saturated heterocycles. The first-order valence-electron chi connectivity index (χ1n) is 8.70. The van der Waals surface area contributed by atoms with E-state index in [1.165, 1.54) is 23.7 Å². The molecule has 0 saturated carbocycles. The van der Waals surface area contributed by atoms with E-state index < -0.39 is 0 Å². The van der Waals surface area contributed by atoms with E-state index in [4.69, 9.17) is 0 Å². The summed E-state index contributed by atoms with van der Waals surface area (Å²) in [7, 11) is 4.94. The molecule has 1 fully saturated rings. The molecule has 8 nitrogen and oxygen atoms in total. The van der Waals surface area contributed by atoms with E-state index in [9.17, 15) is 14.0 Å². The smallest absolute Gasteiger partial charge is 0.332 e. The van der Waals surface area contributed by atoms with Gasteiger partial charge in [0.25, 0.3) is 5.56 Å². The molecule has 27 heavy (non-hydrogen) atoms. The third-order valence-electron chi connectivity index (χ3n) is 4.58. The van der Waals surface area contributed by atoms with Crippen molar-refractivity contribution in [3.8, 4) is 0 Å². The molecule has 0 radical (unpaired) electrons. The summed E-state index contributed by atoms with van der Waals surface area (Å²) in [4.78, 5) is 30.9. The van der Waals surface area contributed by atoms with Gasteiger partial charge in [0.2, 0.25) is 5.95 Å². The molecule has 1 aliphatic heterocycles. The number of aryl methyl sites for hydroxylation is 2. The number of anilines is 1. The van der Waals surface area contributed by atoms with Crippen molar-refractivity contribution in [2.75, 3.05) is 31.1 Å². The highest BCUT2D eigenvalue weighted by Gasteiger charge is 2.21. The van der Waals surface area contributed by atoms with Gasteiger partial charge in [-0.25, -0.2) is 9.18 Å². The lowest BCUT2D eigenvalue weighted by Gasteiger charge is -2.28. The van der Waals surface area contributed by atoms with Crippen molar-refractivity contribution in [1.82, 2.24) is 24.0 Å². The highest BCUT2D eigenvalue weighted by atomic mass is 19.1. The summed E-state index contributed by atoms with van der Waals surface area (Å²) in [6.07, 6.45) is 0. The SMILES string of the molecule is Cn1c(=O)c2c(nc(N3CCNCC3)n2C)n(C)c1=O.Fc1ccccc1. The Hall–Kier alpha value is -2.94. The molecule has 1 aliphatic rings. The van der Waals surface area contributed by atoms with Crippen LogP contribution in [-0.4, -0.2) is 44.9 Å². The van der Waals surface area contributed by atoms with Crippen LogP contribution in [0.1, 0.15) is 0 Å². The zero-order chi connectivity index (χ0) is 19.6. The van der Waals surface area contributed by atoms with Gasteiger partial charge in [-0.15, -0.1) is 0 Å². The van der Waals surface area contributed by atoms with E-state index in [1.807, 2.05) is 7.05 Å². The summed E-state index contributed by atoms with van der Waals surface area (Å²) in [6, 6.07) is 7.94. The summed E-state index contributed by atoms with van der Waals surface area (Å²) in [6.45, 7) is 3.46. The third kappa shape index (κ3) is 3.63. The number of nitrogens with zero attached hydrogens (tertiary/aromatic N) is 5. The van der Waals surface area contributed by atoms with Gasteiger partial charge in [0.1, 0.15) is 5.82 Å². The van der Waals surface area contributed by atoms with Crippen molar-refractivity contribution < 1.29 is 4.39 Å². The Morgan fingerprint density at radius 3 is 2.15 bits per heavy atom. The lowest BCUT2D eigenvalue weighted by atomic mass is 10.4. The molecule has 1 N–H and O–H groups in total. The Balaban J connectivity index is 0.000000253. The zero-order valence-corrected chi connectivity index (χ0v) is 15.6. The van der Waals surface area contributed by atoms with Crippen molar-refractivity contribution in [2.45, 2.75) is 0 Å². The maximum Gasteiger partial charge on any atom is 0.332 e. The predicted octanol–water partition coefficient (Wildman–Crippen LogP) is 0.206. The van der Waals surface area contributed by atoms with Gasteiger partial charge in [0, 0.05) is 47.3 Å². The molecule has 0 unspecified atom stereocenters. The number of fused-ring (bicyclic) bond motifs is 1. The second-order valence-corrected chi connectivity index (χ2v) is 6.38. The van der Waals surface area contributed by atoms with Crippen LogP contribution in [0, 0.1) is 5.82 Å². The monoisotopic (exact) mass is 374 g/mol. The molecular weight excluding hydrogens is 351 g/mol. The number of halogens is 1. The minimum atomic E-state index is -0.354. The van der Waals surface area contributed by atoms with Crippen LogP contribution in [0.3, 0.4) is 0 Å². The molecule has 9 heteroatoms. The van der Waals surface area contributed by atoms with E-state index in [-0.39, 0.29) is 17.1 Å². The normalized spacial score (nSPS) is 14.1. The van der Waals surface area contributed by atoms with Crippen LogP contribution in [0.4, 0.5) is 10.3 Å². The lowest BCUT2D eigenvalue weighted by Crippen LogP contribution is -2.44. The largest absolute Gasteiger partial charge is 0.340 e. The molecule has 0 atom stereocenters. The average Bonchev–Trinajstić information content (AvgIpc) is 3.04. The summed E-state index contributed by atoms with van der Waals surface area (Å²) in [5, 5.41) is 3.28. The second kappa shape index (κ2) is 7.75. The quantitative estimate of drug-likeness (QED) is 0.659. The highest BCUT2D eigenvalue weighted by Crippen LogP contribution is 2.17. The van der Waals surface area contributed by atoms with Gasteiger partial charge in [-0.3, -0.25) is 13.9 Å². The molecule has 3 aromatic rings. The molecule has 0 spiro atoms. The van der Waals surface area contributed by atoms with E-state index >= 15 is 0 Å². The molecule has 2 aromatic heterocycles. The van der Waals surface area contributed by atoms with Gasteiger partial charge in [-0.1, -0.05) is 18.2 Å². The second-order valence-electron chi connectivity index (χ2n) is 6.38. The maximum absolute atomic E-state index is 12.3. The Labute approximate surface area is 155 Å². The molecule has 1 aromatic carbocycles. The topological polar surface area (TPSA) is 77.1 Å². The van der Waals surface area contributed by atoms with E-state index in [2.05, 4.69) is 15.2 Å². The fourth-order valence-corrected chi connectivity index (χ4v) is 3.07. The first kappa shape index (κ1) is 18.8. The van der Waals surface area contributed by atoms with Crippen molar-refractivity contribution in [3.63, 3.8) is 0 Å². The fourth-order valence-electron chi connectivity index (χ4n) is 3.07. The van der Waals surface area contributed by atoms with Crippen LogP contribution in [0.5, 0.6) is 0 Å². The lowest BCUT2D eigenvalue weighted by molar-refractivity contribution is 0.575. The minimum absolute atomic E-state index is 0.178. The Kier molecular flexibility index (Phi) is 5.41. The highest BCUT2D eigenvalue weighted by molar-refractivity contribution is 5.74. The van der Waals surface area contributed by atoms with Gasteiger partial charge >= 0.3 is 5.69 Å². The number of hydrogen-bond donors (Lipinski definition) is 1. The van der Waals surface area contributed by atoms with Crippen LogP contribution in [0.15, 0.2) is 39.9 Å². The average molecular weight is 374 g/mol. The molecular formula is C18H23FN6O2. The van der Waals surface area contributed by atoms with E-state index in [0.29, 0.717) is 11.2 Å². The molecule has 4 rings (SSSR count). The number of aromatic nitrogens is 4. The van der Waals surface area contributed by atoms with Crippen LogP contribution in [0.2, 0.25) is 0 Å². The predicted molar refractivity (Wildman–Crippen MR) is 103 cm³/mol. The van der Waals surface area contributed by atoms with Crippen LogP contribution < -0.4 is 21.5 Å². The van der Waals surface area contributed by atoms with E-state index in [1.54, 1.807) is 29.8 Å².